The van der Waals surface area contributed by atoms with Crippen LogP contribution in [0.15, 0.2) is 0 Å². The van der Waals surface area contributed by atoms with Crippen LogP contribution >= 0.6 is 11.8 Å². The van der Waals surface area contributed by atoms with Crippen molar-refractivity contribution in [1.82, 2.24) is 5.32 Å². The number of esters is 1. The summed E-state index contributed by atoms with van der Waals surface area (Å²) < 4.78 is 4.50. The van der Waals surface area contributed by atoms with Gasteiger partial charge in [-0.05, 0) is 25.5 Å². The van der Waals surface area contributed by atoms with Crippen LogP contribution < -0.4 is 11.1 Å². The molecule has 1 amide bonds. The summed E-state index contributed by atoms with van der Waals surface area (Å²) in [6.45, 7) is 3.99. The number of nitrogens with one attached hydrogen (secondary N) is 1. The Hall–Kier alpha value is -0.750. The third-order valence-corrected chi connectivity index (χ3v) is 3.32. The van der Waals surface area contributed by atoms with E-state index >= 15 is 0 Å². The van der Waals surface area contributed by atoms with Gasteiger partial charge in [0.05, 0.1) is 12.9 Å². The number of ether oxygens (including phenoxy) is 1. The summed E-state index contributed by atoms with van der Waals surface area (Å²) in [5.74, 6) is 0.688. The molecule has 0 heterocycles. The fourth-order valence-electron chi connectivity index (χ4n) is 1.06. The molecule has 2 unspecified atom stereocenters. The maximum Gasteiger partial charge on any atom is 0.322 e. The molecule has 17 heavy (non-hydrogen) atoms. The number of nitrogens with two attached hydrogens (primary N) is 1. The van der Waals surface area contributed by atoms with Crippen LogP contribution in [0.4, 0.5) is 0 Å². The molecule has 2 atom stereocenters. The molecule has 0 bridgehead atoms. The van der Waals surface area contributed by atoms with Gasteiger partial charge in [0.1, 0.15) is 6.04 Å². The standard InChI is InChI=1S/C11H22N2O3S/c1-4-8(2)13-10(14)7-17-6-5-9(12)11(15)16-3/h8-9H,4-7,12H2,1-3H3,(H,13,14). The fourth-order valence-corrected chi connectivity index (χ4v) is 1.90. The van der Waals surface area contributed by atoms with Gasteiger partial charge in [-0.3, -0.25) is 9.59 Å². The summed E-state index contributed by atoms with van der Waals surface area (Å²) in [5, 5.41) is 2.87. The summed E-state index contributed by atoms with van der Waals surface area (Å²) >= 11 is 1.47. The largest absolute Gasteiger partial charge is 0.468 e. The van der Waals surface area contributed by atoms with Gasteiger partial charge < -0.3 is 15.8 Å². The van der Waals surface area contributed by atoms with Crippen molar-refractivity contribution in [1.29, 1.82) is 0 Å². The van der Waals surface area contributed by atoms with Gasteiger partial charge in [-0.25, -0.2) is 0 Å². The summed E-state index contributed by atoms with van der Waals surface area (Å²) in [5.41, 5.74) is 5.56. The molecule has 5 nitrogen and oxygen atoms in total. The van der Waals surface area contributed by atoms with Crippen molar-refractivity contribution >= 4 is 23.6 Å². The first-order chi connectivity index (χ1) is 8.01. The molecule has 0 saturated heterocycles. The summed E-state index contributed by atoms with van der Waals surface area (Å²) in [6, 6.07) is -0.384. The van der Waals surface area contributed by atoms with Crippen LogP contribution in [0, 0.1) is 0 Å². The predicted molar refractivity (Wildman–Crippen MR) is 69.8 cm³/mol. The van der Waals surface area contributed by atoms with E-state index in [4.69, 9.17) is 5.73 Å². The van der Waals surface area contributed by atoms with Crippen LogP contribution in [0.1, 0.15) is 26.7 Å². The summed E-state index contributed by atoms with van der Waals surface area (Å²) in [7, 11) is 1.31. The Morgan fingerprint density at radius 1 is 1.47 bits per heavy atom. The quantitative estimate of drug-likeness (QED) is 0.492. The zero-order chi connectivity index (χ0) is 13.3. The van der Waals surface area contributed by atoms with E-state index in [1.807, 2.05) is 13.8 Å². The van der Waals surface area contributed by atoms with Crippen LogP contribution in [0.5, 0.6) is 0 Å². The summed E-state index contributed by atoms with van der Waals surface area (Å²) in [4.78, 5) is 22.4. The molecule has 0 saturated carbocycles. The minimum absolute atomic E-state index is 0.0241. The lowest BCUT2D eigenvalue weighted by molar-refractivity contribution is -0.142. The average molecular weight is 262 g/mol. The first kappa shape index (κ1) is 16.2. The van der Waals surface area contributed by atoms with E-state index in [1.54, 1.807) is 0 Å². The van der Waals surface area contributed by atoms with E-state index in [2.05, 4.69) is 10.1 Å². The van der Waals surface area contributed by atoms with Crippen LogP contribution in [-0.2, 0) is 14.3 Å². The number of carbonyl (C=O) groups is 2. The van der Waals surface area contributed by atoms with E-state index < -0.39 is 12.0 Å². The highest BCUT2D eigenvalue weighted by Crippen LogP contribution is 2.05. The van der Waals surface area contributed by atoms with Gasteiger partial charge in [0.2, 0.25) is 5.91 Å². The van der Waals surface area contributed by atoms with Crippen LogP contribution in [0.25, 0.3) is 0 Å². The van der Waals surface area contributed by atoms with E-state index in [-0.39, 0.29) is 11.9 Å². The second kappa shape index (κ2) is 9.30. The molecule has 0 fully saturated rings. The number of thioether (sulfide) groups is 1. The molecule has 3 N–H and O–H groups in total. The Balaban J connectivity index is 3.57. The SMILES string of the molecule is CCC(C)NC(=O)CSCCC(N)C(=O)OC. The van der Waals surface area contributed by atoms with Crippen molar-refractivity contribution in [2.24, 2.45) is 5.73 Å². The third kappa shape index (κ3) is 8.04. The minimum Gasteiger partial charge on any atom is -0.468 e. The van der Waals surface area contributed by atoms with Gasteiger partial charge in [-0.1, -0.05) is 6.92 Å². The average Bonchev–Trinajstić information content (AvgIpc) is 2.32. The van der Waals surface area contributed by atoms with Crippen molar-refractivity contribution in [3.63, 3.8) is 0 Å². The molecule has 0 aromatic heterocycles. The first-order valence-corrected chi connectivity index (χ1v) is 6.87. The fraction of sp³-hybridized carbons (Fsp3) is 0.818. The van der Waals surface area contributed by atoms with Crippen molar-refractivity contribution < 1.29 is 14.3 Å². The Bertz CT molecular complexity index is 249. The van der Waals surface area contributed by atoms with Gasteiger partial charge in [0.15, 0.2) is 0 Å². The number of hydrogen-bond donors (Lipinski definition) is 2. The first-order valence-electron chi connectivity index (χ1n) is 5.71. The van der Waals surface area contributed by atoms with E-state index in [9.17, 15) is 9.59 Å². The van der Waals surface area contributed by atoms with Crippen molar-refractivity contribution in [3.8, 4) is 0 Å². The topological polar surface area (TPSA) is 81.4 Å². The van der Waals surface area contributed by atoms with Gasteiger partial charge >= 0.3 is 5.97 Å². The molecule has 0 aromatic rings. The van der Waals surface area contributed by atoms with Crippen LogP contribution in [0.3, 0.4) is 0 Å². The maximum atomic E-state index is 11.4. The molecule has 0 aliphatic carbocycles. The Labute approximate surface area is 107 Å². The van der Waals surface area contributed by atoms with E-state index in [1.165, 1.54) is 18.9 Å². The highest BCUT2D eigenvalue weighted by atomic mass is 32.2. The highest BCUT2D eigenvalue weighted by Gasteiger charge is 2.13. The Morgan fingerprint density at radius 3 is 2.65 bits per heavy atom. The van der Waals surface area contributed by atoms with Crippen molar-refractivity contribution in [2.75, 3.05) is 18.6 Å². The molecule has 0 spiro atoms. The molecular formula is C11H22N2O3S. The second-order valence-electron chi connectivity index (χ2n) is 3.85. The Morgan fingerprint density at radius 2 is 2.12 bits per heavy atom. The number of carbonyl (C=O) groups excluding carboxylic acids is 2. The monoisotopic (exact) mass is 262 g/mol. The van der Waals surface area contributed by atoms with Crippen molar-refractivity contribution in [2.45, 2.75) is 38.8 Å². The number of rotatable bonds is 8. The van der Waals surface area contributed by atoms with Gasteiger partial charge in [0.25, 0.3) is 0 Å². The lowest BCUT2D eigenvalue weighted by Gasteiger charge is -2.11. The lowest BCUT2D eigenvalue weighted by atomic mass is 10.2. The molecule has 0 aliphatic rings. The van der Waals surface area contributed by atoms with Gasteiger partial charge in [-0.2, -0.15) is 11.8 Å². The molecule has 6 heteroatoms. The molecule has 100 valence electrons. The highest BCUT2D eigenvalue weighted by molar-refractivity contribution is 7.99. The van der Waals surface area contributed by atoms with Crippen LogP contribution in [0.2, 0.25) is 0 Å². The molecule has 0 radical (unpaired) electrons. The smallest absolute Gasteiger partial charge is 0.322 e. The van der Waals surface area contributed by atoms with Gasteiger partial charge in [0, 0.05) is 6.04 Å². The van der Waals surface area contributed by atoms with Gasteiger partial charge in [-0.15, -0.1) is 0 Å². The zero-order valence-corrected chi connectivity index (χ0v) is 11.5. The van der Waals surface area contributed by atoms with E-state index in [0.717, 1.165) is 6.42 Å². The number of hydrogen-bond acceptors (Lipinski definition) is 5. The summed E-state index contributed by atoms with van der Waals surface area (Å²) in [6.07, 6.45) is 1.44. The lowest BCUT2D eigenvalue weighted by Crippen LogP contribution is -2.34. The maximum absolute atomic E-state index is 11.4. The van der Waals surface area contributed by atoms with Crippen molar-refractivity contribution in [3.05, 3.63) is 0 Å². The third-order valence-electron chi connectivity index (χ3n) is 2.33. The van der Waals surface area contributed by atoms with E-state index in [0.29, 0.717) is 17.9 Å². The minimum atomic E-state index is -0.592. The molecular weight excluding hydrogens is 240 g/mol. The van der Waals surface area contributed by atoms with Crippen LogP contribution in [-0.4, -0.2) is 42.6 Å². The molecule has 0 aromatic carbocycles. The Kier molecular flexibility index (Phi) is 8.89. The number of methoxy groups -OCH3 is 1. The number of amides is 1. The predicted octanol–water partition coefficient (Wildman–Crippen LogP) is 0.525. The normalized spacial score (nSPS) is 13.9. The second-order valence-corrected chi connectivity index (χ2v) is 4.95. The zero-order valence-electron chi connectivity index (χ0n) is 10.7. The molecule has 0 rings (SSSR count). The molecule has 0 aliphatic heterocycles.